The van der Waals surface area contributed by atoms with Gasteiger partial charge in [0.25, 0.3) is 5.91 Å². The summed E-state index contributed by atoms with van der Waals surface area (Å²) < 4.78 is 5.12. The van der Waals surface area contributed by atoms with Crippen LogP contribution >= 0.6 is 0 Å². The molecule has 1 aliphatic heterocycles. The van der Waals surface area contributed by atoms with Crippen LogP contribution in [0.25, 0.3) is 0 Å². The normalized spacial score (nSPS) is 16.2. The maximum atomic E-state index is 12.4. The predicted molar refractivity (Wildman–Crippen MR) is 97.1 cm³/mol. The Morgan fingerprint density at radius 1 is 1.26 bits per heavy atom. The molecule has 1 saturated carbocycles. The Morgan fingerprint density at radius 2 is 2.00 bits per heavy atom. The van der Waals surface area contributed by atoms with E-state index in [1.807, 2.05) is 0 Å². The Balaban J connectivity index is 1.55. The average Bonchev–Trinajstić information content (AvgIpc) is 3.36. The van der Waals surface area contributed by atoms with Gasteiger partial charge in [-0.05, 0) is 31.4 Å². The van der Waals surface area contributed by atoms with Crippen LogP contribution in [0, 0.1) is 0 Å². The summed E-state index contributed by atoms with van der Waals surface area (Å²) in [5.74, 6) is -1.40. The van der Waals surface area contributed by atoms with E-state index < -0.39 is 18.5 Å². The SMILES string of the molecule is CN(CC(=O)NC1CC1)C(=O)COC(=O)c1ccccc1N1CCCC1=O. The number of hydrogen-bond acceptors (Lipinski definition) is 5. The molecule has 0 aromatic heterocycles. The Morgan fingerprint density at radius 3 is 2.67 bits per heavy atom. The van der Waals surface area contributed by atoms with Crippen LogP contribution in [-0.4, -0.2) is 61.4 Å². The van der Waals surface area contributed by atoms with Crippen molar-refractivity contribution in [2.24, 2.45) is 0 Å². The maximum absolute atomic E-state index is 12.4. The van der Waals surface area contributed by atoms with E-state index in [9.17, 15) is 19.2 Å². The largest absolute Gasteiger partial charge is 0.452 e. The predicted octanol–water partition coefficient (Wildman–Crippen LogP) is 0.707. The highest BCUT2D eigenvalue weighted by Crippen LogP contribution is 2.26. The topological polar surface area (TPSA) is 96.0 Å². The van der Waals surface area contributed by atoms with Crippen LogP contribution in [0.2, 0.25) is 0 Å². The number of anilines is 1. The third-order valence-electron chi connectivity index (χ3n) is 4.56. The molecule has 8 nitrogen and oxygen atoms in total. The maximum Gasteiger partial charge on any atom is 0.340 e. The summed E-state index contributed by atoms with van der Waals surface area (Å²) >= 11 is 0. The number of carbonyl (C=O) groups excluding carboxylic acids is 4. The van der Waals surface area contributed by atoms with Gasteiger partial charge in [-0.1, -0.05) is 12.1 Å². The molecule has 144 valence electrons. The van der Waals surface area contributed by atoms with E-state index >= 15 is 0 Å². The minimum absolute atomic E-state index is 0.0345. The van der Waals surface area contributed by atoms with Crippen molar-refractivity contribution in [3.63, 3.8) is 0 Å². The number of para-hydroxylation sites is 1. The number of amides is 3. The highest BCUT2D eigenvalue weighted by Gasteiger charge is 2.27. The number of ether oxygens (including phenoxy) is 1. The number of esters is 1. The Kier molecular flexibility index (Phi) is 5.73. The molecule has 0 bridgehead atoms. The number of hydrogen-bond donors (Lipinski definition) is 1. The molecule has 0 atom stereocenters. The summed E-state index contributed by atoms with van der Waals surface area (Å²) in [5, 5.41) is 2.80. The lowest BCUT2D eigenvalue weighted by Crippen LogP contribution is -2.40. The van der Waals surface area contributed by atoms with Gasteiger partial charge in [-0.25, -0.2) is 4.79 Å². The smallest absolute Gasteiger partial charge is 0.340 e. The summed E-state index contributed by atoms with van der Waals surface area (Å²) in [5.41, 5.74) is 0.740. The number of benzene rings is 1. The van der Waals surface area contributed by atoms with Crippen LogP contribution in [0.5, 0.6) is 0 Å². The second-order valence-corrected chi connectivity index (χ2v) is 6.83. The first kappa shape index (κ1) is 18.9. The molecule has 2 aliphatic rings. The van der Waals surface area contributed by atoms with E-state index in [-0.39, 0.29) is 30.0 Å². The average molecular weight is 373 g/mol. The summed E-state index contributed by atoms with van der Waals surface area (Å²) in [6.07, 6.45) is 3.14. The van der Waals surface area contributed by atoms with Crippen LogP contribution < -0.4 is 10.2 Å². The molecule has 1 aromatic rings. The van der Waals surface area contributed by atoms with E-state index in [0.29, 0.717) is 18.7 Å². The number of likely N-dealkylation sites (N-methyl/N-ethyl adjacent to an activating group) is 1. The van der Waals surface area contributed by atoms with E-state index in [0.717, 1.165) is 19.3 Å². The second kappa shape index (κ2) is 8.20. The molecule has 1 aromatic carbocycles. The molecule has 27 heavy (non-hydrogen) atoms. The summed E-state index contributed by atoms with van der Waals surface area (Å²) in [6, 6.07) is 6.91. The van der Waals surface area contributed by atoms with E-state index in [4.69, 9.17) is 4.74 Å². The fraction of sp³-hybridized carbons (Fsp3) is 0.474. The van der Waals surface area contributed by atoms with Gasteiger partial charge in [0.05, 0.1) is 17.8 Å². The van der Waals surface area contributed by atoms with Crippen molar-refractivity contribution in [2.45, 2.75) is 31.7 Å². The van der Waals surface area contributed by atoms with Crippen molar-refractivity contribution in [3.8, 4) is 0 Å². The summed E-state index contributed by atoms with van der Waals surface area (Å²) in [4.78, 5) is 51.0. The number of carbonyl (C=O) groups is 4. The molecule has 2 fully saturated rings. The molecular weight excluding hydrogens is 350 g/mol. The monoisotopic (exact) mass is 373 g/mol. The minimum Gasteiger partial charge on any atom is -0.452 e. The van der Waals surface area contributed by atoms with Gasteiger partial charge in [0.1, 0.15) is 0 Å². The van der Waals surface area contributed by atoms with Crippen LogP contribution in [0.3, 0.4) is 0 Å². The summed E-state index contributed by atoms with van der Waals surface area (Å²) in [6.45, 7) is 0.0149. The van der Waals surface area contributed by atoms with Gasteiger partial charge in [0.2, 0.25) is 11.8 Å². The lowest BCUT2D eigenvalue weighted by atomic mass is 10.1. The Hall–Kier alpha value is -2.90. The lowest BCUT2D eigenvalue weighted by molar-refractivity contribution is -0.137. The van der Waals surface area contributed by atoms with Crippen LogP contribution in [0.4, 0.5) is 5.69 Å². The van der Waals surface area contributed by atoms with Crippen molar-refractivity contribution in [1.82, 2.24) is 10.2 Å². The second-order valence-electron chi connectivity index (χ2n) is 6.83. The quantitative estimate of drug-likeness (QED) is 0.710. The minimum atomic E-state index is -0.672. The molecule has 0 radical (unpaired) electrons. The molecule has 0 spiro atoms. The van der Waals surface area contributed by atoms with Gasteiger partial charge in [0.15, 0.2) is 6.61 Å². The zero-order valence-corrected chi connectivity index (χ0v) is 15.3. The van der Waals surface area contributed by atoms with Crippen molar-refractivity contribution in [1.29, 1.82) is 0 Å². The first-order chi connectivity index (χ1) is 13.0. The first-order valence-electron chi connectivity index (χ1n) is 9.05. The molecule has 0 unspecified atom stereocenters. The zero-order valence-electron chi connectivity index (χ0n) is 15.3. The third-order valence-corrected chi connectivity index (χ3v) is 4.56. The number of nitrogens with one attached hydrogen (secondary N) is 1. The Labute approximate surface area is 157 Å². The highest BCUT2D eigenvalue weighted by molar-refractivity contribution is 6.04. The molecular formula is C19H23N3O5. The fourth-order valence-corrected chi connectivity index (χ4v) is 2.90. The van der Waals surface area contributed by atoms with Crippen molar-refractivity contribution >= 4 is 29.4 Å². The standard InChI is InChI=1S/C19H23N3O5/c1-21(11-16(23)20-13-8-9-13)18(25)12-27-19(26)14-5-2-3-6-15(14)22-10-4-7-17(22)24/h2-3,5-6,13H,4,7-12H2,1H3,(H,20,23). The molecule has 8 heteroatoms. The van der Waals surface area contributed by atoms with E-state index in [1.54, 1.807) is 29.2 Å². The number of nitrogens with zero attached hydrogens (tertiary/aromatic N) is 2. The molecule has 1 aliphatic carbocycles. The molecule has 3 rings (SSSR count). The third kappa shape index (κ3) is 4.84. The fourth-order valence-electron chi connectivity index (χ4n) is 2.90. The molecule has 1 heterocycles. The Bertz CT molecular complexity index is 759. The summed E-state index contributed by atoms with van der Waals surface area (Å²) in [7, 11) is 1.49. The highest BCUT2D eigenvalue weighted by atomic mass is 16.5. The molecule has 3 amide bonds. The number of rotatable bonds is 7. The first-order valence-corrected chi connectivity index (χ1v) is 9.05. The van der Waals surface area contributed by atoms with Gasteiger partial charge >= 0.3 is 5.97 Å². The zero-order chi connectivity index (χ0) is 19.4. The van der Waals surface area contributed by atoms with Crippen molar-refractivity contribution in [3.05, 3.63) is 29.8 Å². The lowest BCUT2D eigenvalue weighted by Gasteiger charge is -2.19. The van der Waals surface area contributed by atoms with E-state index in [1.165, 1.54) is 11.9 Å². The van der Waals surface area contributed by atoms with Gasteiger partial charge < -0.3 is 19.9 Å². The molecule has 1 N–H and O–H groups in total. The van der Waals surface area contributed by atoms with Crippen molar-refractivity contribution in [2.75, 3.05) is 31.6 Å². The van der Waals surface area contributed by atoms with Crippen LogP contribution in [0.1, 0.15) is 36.0 Å². The van der Waals surface area contributed by atoms with Gasteiger partial charge in [-0.15, -0.1) is 0 Å². The van der Waals surface area contributed by atoms with Gasteiger partial charge in [0, 0.05) is 26.1 Å². The van der Waals surface area contributed by atoms with Gasteiger partial charge in [-0.2, -0.15) is 0 Å². The van der Waals surface area contributed by atoms with Gasteiger partial charge in [-0.3, -0.25) is 14.4 Å². The van der Waals surface area contributed by atoms with Crippen LogP contribution in [0.15, 0.2) is 24.3 Å². The van der Waals surface area contributed by atoms with Crippen LogP contribution in [-0.2, 0) is 19.1 Å². The van der Waals surface area contributed by atoms with E-state index in [2.05, 4.69) is 5.32 Å². The molecule has 1 saturated heterocycles. The van der Waals surface area contributed by atoms with Crippen molar-refractivity contribution < 1.29 is 23.9 Å².